The number of nitrogens with two attached hydrogens (primary N) is 1. The van der Waals surface area contributed by atoms with E-state index < -0.39 is 17.7 Å². The normalized spacial score (nSPS) is 19.6. The van der Waals surface area contributed by atoms with Crippen molar-refractivity contribution in [2.75, 3.05) is 26.7 Å². The quantitative estimate of drug-likeness (QED) is 0.910. The van der Waals surface area contributed by atoms with Gasteiger partial charge in [-0.2, -0.15) is 0 Å². The SMILES string of the molecule is COC1CCN(CC(N)c2cccc(F)c2F)CC1. The van der Waals surface area contributed by atoms with Crippen LogP contribution in [0.3, 0.4) is 0 Å². The first-order valence-electron chi connectivity index (χ1n) is 6.56. The maximum atomic E-state index is 13.6. The van der Waals surface area contributed by atoms with E-state index in [2.05, 4.69) is 4.90 Å². The van der Waals surface area contributed by atoms with Gasteiger partial charge in [0.2, 0.25) is 0 Å². The lowest BCUT2D eigenvalue weighted by Gasteiger charge is -2.32. The number of nitrogens with zero attached hydrogens (tertiary/aromatic N) is 1. The highest BCUT2D eigenvalue weighted by molar-refractivity contribution is 5.22. The fourth-order valence-electron chi connectivity index (χ4n) is 2.51. The van der Waals surface area contributed by atoms with Crippen molar-refractivity contribution in [3.05, 3.63) is 35.4 Å². The Morgan fingerprint density at radius 3 is 2.68 bits per heavy atom. The van der Waals surface area contributed by atoms with Crippen molar-refractivity contribution in [1.82, 2.24) is 4.90 Å². The largest absolute Gasteiger partial charge is 0.381 e. The van der Waals surface area contributed by atoms with E-state index in [-0.39, 0.29) is 5.56 Å². The number of benzene rings is 1. The number of hydrogen-bond acceptors (Lipinski definition) is 3. The van der Waals surface area contributed by atoms with Crippen molar-refractivity contribution in [2.45, 2.75) is 25.0 Å². The maximum absolute atomic E-state index is 13.6. The van der Waals surface area contributed by atoms with Gasteiger partial charge in [-0.3, -0.25) is 0 Å². The number of methoxy groups -OCH3 is 1. The number of rotatable bonds is 4. The van der Waals surface area contributed by atoms with Gasteiger partial charge in [0.1, 0.15) is 0 Å². The number of halogens is 2. The summed E-state index contributed by atoms with van der Waals surface area (Å²) < 4.78 is 32.1. The van der Waals surface area contributed by atoms with Crippen LogP contribution in [-0.2, 0) is 4.74 Å². The second kappa shape index (κ2) is 6.41. The van der Waals surface area contributed by atoms with Crippen LogP contribution >= 0.6 is 0 Å². The van der Waals surface area contributed by atoms with E-state index in [9.17, 15) is 8.78 Å². The summed E-state index contributed by atoms with van der Waals surface area (Å²) in [7, 11) is 1.72. The fourth-order valence-corrected chi connectivity index (χ4v) is 2.51. The Morgan fingerprint density at radius 2 is 2.05 bits per heavy atom. The minimum absolute atomic E-state index is 0.244. The lowest BCUT2D eigenvalue weighted by atomic mass is 10.0. The molecule has 0 radical (unpaired) electrons. The zero-order valence-corrected chi connectivity index (χ0v) is 11.1. The Hall–Kier alpha value is -1.04. The van der Waals surface area contributed by atoms with Gasteiger partial charge in [-0.25, -0.2) is 8.78 Å². The Morgan fingerprint density at radius 1 is 1.37 bits per heavy atom. The van der Waals surface area contributed by atoms with Gasteiger partial charge in [-0.05, 0) is 18.9 Å². The lowest BCUT2D eigenvalue weighted by molar-refractivity contribution is 0.0394. The zero-order chi connectivity index (χ0) is 13.8. The molecule has 0 aromatic heterocycles. The van der Waals surface area contributed by atoms with E-state index in [1.807, 2.05) is 0 Å². The highest BCUT2D eigenvalue weighted by Crippen LogP contribution is 2.20. The van der Waals surface area contributed by atoms with E-state index >= 15 is 0 Å². The van der Waals surface area contributed by atoms with Gasteiger partial charge < -0.3 is 15.4 Å². The second-order valence-electron chi connectivity index (χ2n) is 4.99. The van der Waals surface area contributed by atoms with Crippen LogP contribution in [0.15, 0.2) is 18.2 Å². The summed E-state index contributed by atoms with van der Waals surface area (Å²) >= 11 is 0. The topological polar surface area (TPSA) is 38.5 Å². The first-order chi connectivity index (χ1) is 9.11. The molecule has 0 saturated carbocycles. The van der Waals surface area contributed by atoms with E-state index in [4.69, 9.17) is 10.5 Å². The summed E-state index contributed by atoms with van der Waals surface area (Å²) in [6, 6.07) is 3.64. The van der Waals surface area contributed by atoms with Crippen molar-refractivity contribution in [3.63, 3.8) is 0 Å². The molecular formula is C14H20F2N2O. The molecule has 5 heteroatoms. The van der Waals surface area contributed by atoms with Crippen LogP contribution in [-0.4, -0.2) is 37.7 Å². The molecule has 1 fully saturated rings. The average Bonchev–Trinajstić information content (AvgIpc) is 2.42. The van der Waals surface area contributed by atoms with Crippen LogP contribution in [0.25, 0.3) is 0 Å². The monoisotopic (exact) mass is 270 g/mol. The third kappa shape index (κ3) is 3.49. The zero-order valence-electron chi connectivity index (χ0n) is 11.1. The molecule has 2 N–H and O–H groups in total. The molecule has 0 spiro atoms. The number of piperidine rings is 1. The van der Waals surface area contributed by atoms with Crippen LogP contribution in [0.1, 0.15) is 24.4 Å². The molecule has 1 saturated heterocycles. The van der Waals surface area contributed by atoms with Gasteiger partial charge in [0.25, 0.3) is 0 Å². The highest BCUT2D eigenvalue weighted by atomic mass is 19.2. The first-order valence-corrected chi connectivity index (χ1v) is 6.56. The van der Waals surface area contributed by atoms with Gasteiger partial charge in [-0.1, -0.05) is 12.1 Å². The van der Waals surface area contributed by atoms with Gasteiger partial charge in [-0.15, -0.1) is 0 Å². The molecule has 3 nitrogen and oxygen atoms in total. The number of hydrogen-bond donors (Lipinski definition) is 1. The van der Waals surface area contributed by atoms with E-state index in [0.717, 1.165) is 32.0 Å². The van der Waals surface area contributed by atoms with Gasteiger partial charge in [0.05, 0.1) is 6.10 Å². The van der Waals surface area contributed by atoms with Crippen molar-refractivity contribution >= 4 is 0 Å². The van der Waals surface area contributed by atoms with Crippen LogP contribution in [0.4, 0.5) is 8.78 Å². The molecule has 1 atom stereocenters. The molecule has 1 aromatic carbocycles. The standard InChI is InChI=1S/C14H20F2N2O/c1-19-10-5-7-18(8-6-10)9-13(17)11-3-2-4-12(15)14(11)16/h2-4,10,13H,5-9,17H2,1H3. The molecule has 2 rings (SSSR count). The lowest BCUT2D eigenvalue weighted by Crippen LogP contribution is -2.40. The summed E-state index contributed by atoms with van der Waals surface area (Å²) in [5, 5.41) is 0. The van der Waals surface area contributed by atoms with Crippen LogP contribution in [0.2, 0.25) is 0 Å². The number of ether oxygens (including phenoxy) is 1. The molecule has 19 heavy (non-hydrogen) atoms. The minimum Gasteiger partial charge on any atom is -0.381 e. The fraction of sp³-hybridized carbons (Fsp3) is 0.571. The van der Waals surface area contributed by atoms with Gasteiger partial charge >= 0.3 is 0 Å². The highest BCUT2D eigenvalue weighted by Gasteiger charge is 2.22. The molecule has 106 valence electrons. The van der Waals surface area contributed by atoms with E-state index in [1.165, 1.54) is 6.07 Å². The number of likely N-dealkylation sites (tertiary alicyclic amines) is 1. The predicted molar refractivity (Wildman–Crippen MR) is 69.8 cm³/mol. The molecule has 0 amide bonds. The predicted octanol–water partition coefficient (Wildman–Crippen LogP) is 2.08. The Bertz CT molecular complexity index is 420. The second-order valence-corrected chi connectivity index (χ2v) is 4.99. The molecular weight excluding hydrogens is 250 g/mol. The van der Waals surface area contributed by atoms with Crippen molar-refractivity contribution in [3.8, 4) is 0 Å². The van der Waals surface area contributed by atoms with Gasteiger partial charge in [0.15, 0.2) is 11.6 Å². The summed E-state index contributed by atoms with van der Waals surface area (Å²) in [5.74, 6) is -1.67. The third-order valence-corrected chi connectivity index (χ3v) is 3.70. The average molecular weight is 270 g/mol. The summed E-state index contributed by atoms with van der Waals surface area (Å²) in [5.41, 5.74) is 6.23. The molecule has 1 aromatic rings. The molecule has 1 aliphatic heterocycles. The third-order valence-electron chi connectivity index (χ3n) is 3.70. The van der Waals surface area contributed by atoms with E-state index in [1.54, 1.807) is 13.2 Å². The minimum atomic E-state index is -0.842. The molecule has 1 heterocycles. The molecule has 1 aliphatic rings. The summed E-state index contributed by atoms with van der Waals surface area (Å²) in [4.78, 5) is 2.17. The Labute approximate surface area is 112 Å². The summed E-state index contributed by atoms with van der Waals surface area (Å²) in [6.45, 7) is 2.29. The van der Waals surface area contributed by atoms with E-state index in [0.29, 0.717) is 12.6 Å². The first kappa shape index (κ1) is 14.4. The smallest absolute Gasteiger partial charge is 0.163 e. The Balaban J connectivity index is 1.94. The Kier molecular flexibility index (Phi) is 4.85. The molecule has 1 unspecified atom stereocenters. The van der Waals surface area contributed by atoms with Crippen LogP contribution < -0.4 is 5.73 Å². The maximum Gasteiger partial charge on any atom is 0.163 e. The molecule has 0 aliphatic carbocycles. The molecule has 0 bridgehead atoms. The van der Waals surface area contributed by atoms with Gasteiger partial charge in [0, 0.05) is 38.3 Å². The van der Waals surface area contributed by atoms with Crippen molar-refractivity contribution < 1.29 is 13.5 Å². The van der Waals surface area contributed by atoms with Crippen LogP contribution in [0, 0.1) is 11.6 Å². The van der Waals surface area contributed by atoms with Crippen molar-refractivity contribution in [2.24, 2.45) is 5.73 Å². The van der Waals surface area contributed by atoms with Crippen LogP contribution in [0.5, 0.6) is 0 Å². The van der Waals surface area contributed by atoms with Crippen molar-refractivity contribution in [1.29, 1.82) is 0 Å². The summed E-state index contributed by atoms with van der Waals surface area (Å²) in [6.07, 6.45) is 2.21.